The van der Waals surface area contributed by atoms with Gasteiger partial charge in [-0.1, -0.05) is 18.2 Å². The van der Waals surface area contributed by atoms with Crippen LogP contribution in [0.1, 0.15) is 10.5 Å². The molecule has 0 unspecified atom stereocenters. The van der Waals surface area contributed by atoms with Gasteiger partial charge in [-0.3, -0.25) is 9.48 Å². The fourth-order valence-corrected chi connectivity index (χ4v) is 2.20. The molecule has 3 aromatic rings. The second-order valence-corrected chi connectivity index (χ2v) is 4.68. The second-order valence-electron chi connectivity index (χ2n) is 4.68. The number of carbonyl (C=O) groups excluding carboxylic acids is 1. The Morgan fingerprint density at radius 2 is 2.05 bits per heavy atom. The number of nitrogens with zero attached hydrogens (tertiary/aromatic N) is 2. The van der Waals surface area contributed by atoms with E-state index >= 15 is 0 Å². The lowest BCUT2D eigenvalue weighted by Crippen LogP contribution is -2.14. The Labute approximate surface area is 120 Å². The molecular formula is C15H13FN4O. The Kier molecular flexibility index (Phi) is 3.06. The van der Waals surface area contributed by atoms with Gasteiger partial charge >= 0.3 is 0 Å². The molecule has 1 aromatic heterocycles. The highest BCUT2D eigenvalue weighted by Crippen LogP contribution is 2.22. The van der Waals surface area contributed by atoms with Crippen LogP contribution in [0.3, 0.4) is 0 Å². The SMILES string of the molecule is Cn1nc(C(=O)Nc2cc(F)ccc2N)c2ccccc21. The van der Waals surface area contributed by atoms with Crippen LogP contribution in [0.15, 0.2) is 42.5 Å². The molecule has 3 rings (SSSR count). The molecule has 0 aliphatic carbocycles. The smallest absolute Gasteiger partial charge is 0.276 e. The normalized spacial score (nSPS) is 10.8. The largest absolute Gasteiger partial charge is 0.397 e. The van der Waals surface area contributed by atoms with Crippen LogP contribution in [0.25, 0.3) is 10.9 Å². The third-order valence-electron chi connectivity index (χ3n) is 3.24. The minimum Gasteiger partial charge on any atom is -0.397 e. The van der Waals surface area contributed by atoms with Crippen LogP contribution in [-0.2, 0) is 7.05 Å². The van der Waals surface area contributed by atoms with Crippen LogP contribution >= 0.6 is 0 Å². The van der Waals surface area contributed by atoms with Crippen LogP contribution in [0, 0.1) is 5.82 Å². The quantitative estimate of drug-likeness (QED) is 0.710. The molecule has 0 aliphatic heterocycles. The van der Waals surface area contributed by atoms with Crippen LogP contribution in [-0.4, -0.2) is 15.7 Å². The van der Waals surface area contributed by atoms with Crippen molar-refractivity contribution in [3.8, 4) is 0 Å². The molecule has 0 fully saturated rings. The highest BCUT2D eigenvalue weighted by molar-refractivity contribution is 6.12. The summed E-state index contributed by atoms with van der Waals surface area (Å²) in [5.41, 5.74) is 7.37. The van der Waals surface area contributed by atoms with Gasteiger partial charge in [-0.2, -0.15) is 5.10 Å². The molecule has 0 aliphatic rings. The molecule has 0 atom stereocenters. The van der Waals surface area contributed by atoms with Crippen LogP contribution < -0.4 is 11.1 Å². The number of nitrogens with one attached hydrogen (secondary N) is 1. The first-order valence-corrected chi connectivity index (χ1v) is 6.34. The number of fused-ring (bicyclic) bond motifs is 1. The highest BCUT2D eigenvalue weighted by Gasteiger charge is 2.16. The lowest BCUT2D eigenvalue weighted by molar-refractivity contribution is 0.102. The summed E-state index contributed by atoms with van der Waals surface area (Å²) < 4.78 is 14.9. The number of aromatic nitrogens is 2. The third kappa shape index (κ3) is 2.31. The molecule has 5 nitrogen and oxygen atoms in total. The van der Waals surface area contributed by atoms with Crippen molar-refractivity contribution in [3.63, 3.8) is 0 Å². The van der Waals surface area contributed by atoms with Crippen molar-refractivity contribution < 1.29 is 9.18 Å². The number of para-hydroxylation sites is 1. The molecule has 3 N–H and O–H groups in total. The number of nitrogens with two attached hydrogens (primary N) is 1. The minimum absolute atomic E-state index is 0.231. The average Bonchev–Trinajstić information content (AvgIpc) is 2.81. The predicted molar refractivity (Wildman–Crippen MR) is 79.5 cm³/mol. The third-order valence-corrected chi connectivity index (χ3v) is 3.24. The fourth-order valence-electron chi connectivity index (χ4n) is 2.20. The van der Waals surface area contributed by atoms with E-state index in [0.29, 0.717) is 5.69 Å². The number of carbonyl (C=O) groups is 1. The number of halogens is 1. The van der Waals surface area contributed by atoms with Crippen molar-refractivity contribution in [1.29, 1.82) is 0 Å². The van der Waals surface area contributed by atoms with E-state index in [9.17, 15) is 9.18 Å². The Hall–Kier alpha value is -2.89. The van der Waals surface area contributed by atoms with Crippen molar-refractivity contribution in [2.45, 2.75) is 0 Å². The zero-order valence-corrected chi connectivity index (χ0v) is 11.3. The van der Waals surface area contributed by atoms with Crippen LogP contribution in [0.4, 0.5) is 15.8 Å². The molecule has 6 heteroatoms. The van der Waals surface area contributed by atoms with Gasteiger partial charge in [0.15, 0.2) is 5.69 Å². The Balaban J connectivity index is 2.00. The van der Waals surface area contributed by atoms with E-state index in [1.165, 1.54) is 18.2 Å². The Morgan fingerprint density at radius 3 is 2.86 bits per heavy atom. The van der Waals surface area contributed by atoms with E-state index in [-0.39, 0.29) is 11.4 Å². The van der Waals surface area contributed by atoms with Gasteiger partial charge in [-0.05, 0) is 24.3 Å². The molecule has 2 aromatic carbocycles. The van der Waals surface area contributed by atoms with Crippen LogP contribution in [0.5, 0.6) is 0 Å². The van der Waals surface area contributed by atoms with E-state index in [1.54, 1.807) is 11.7 Å². The van der Waals surface area contributed by atoms with Gasteiger partial charge in [0.2, 0.25) is 0 Å². The van der Waals surface area contributed by atoms with E-state index < -0.39 is 11.7 Å². The standard InChI is InChI=1S/C15H13FN4O/c1-20-13-5-3-2-4-10(13)14(19-20)15(21)18-12-8-9(16)6-7-11(12)17/h2-8H,17H2,1H3,(H,18,21). The minimum atomic E-state index is -0.467. The van der Waals surface area contributed by atoms with Crippen molar-refractivity contribution >= 4 is 28.2 Å². The maximum atomic E-state index is 13.2. The van der Waals surface area contributed by atoms with Gasteiger partial charge in [-0.25, -0.2) is 4.39 Å². The summed E-state index contributed by atoms with van der Waals surface area (Å²) in [6, 6.07) is 11.2. The van der Waals surface area contributed by atoms with Crippen molar-refractivity contribution in [2.24, 2.45) is 7.05 Å². The first kappa shape index (κ1) is 13.1. The van der Waals surface area contributed by atoms with E-state index in [2.05, 4.69) is 10.4 Å². The maximum Gasteiger partial charge on any atom is 0.276 e. The fraction of sp³-hybridized carbons (Fsp3) is 0.0667. The van der Waals surface area contributed by atoms with Gasteiger partial charge in [0, 0.05) is 12.4 Å². The summed E-state index contributed by atoms with van der Waals surface area (Å²) in [6.45, 7) is 0. The average molecular weight is 284 g/mol. The predicted octanol–water partition coefficient (Wildman–Crippen LogP) is 2.55. The molecular weight excluding hydrogens is 271 g/mol. The number of rotatable bonds is 2. The number of hydrogen-bond acceptors (Lipinski definition) is 3. The highest BCUT2D eigenvalue weighted by atomic mass is 19.1. The second kappa shape index (κ2) is 4.90. The van der Waals surface area contributed by atoms with Crippen LogP contribution in [0.2, 0.25) is 0 Å². The first-order valence-electron chi connectivity index (χ1n) is 6.34. The van der Waals surface area contributed by atoms with Crippen molar-refractivity contribution in [3.05, 3.63) is 54.0 Å². The molecule has 21 heavy (non-hydrogen) atoms. The monoisotopic (exact) mass is 284 g/mol. The molecule has 1 heterocycles. The lowest BCUT2D eigenvalue weighted by atomic mass is 10.2. The number of anilines is 2. The van der Waals surface area contributed by atoms with E-state index in [0.717, 1.165) is 10.9 Å². The number of benzene rings is 2. The molecule has 1 amide bonds. The molecule has 0 bridgehead atoms. The molecule has 106 valence electrons. The molecule has 0 saturated carbocycles. The topological polar surface area (TPSA) is 72.9 Å². The van der Waals surface area contributed by atoms with Gasteiger partial charge in [0.05, 0.1) is 16.9 Å². The Bertz CT molecular complexity index is 841. The van der Waals surface area contributed by atoms with Gasteiger partial charge in [-0.15, -0.1) is 0 Å². The zero-order valence-electron chi connectivity index (χ0n) is 11.3. The summed E-state index contributed by atoms with van der Waals surface area (Å²) in [6.07, 6.45) is 0. The van der Waals surface area contributed by atoms with Gasteiger partial charge in [0.25, 0.3) is 5.91 Å². The summed E-state index contributed by atoms with van der Waals surface area (Å²) >= 11 is 0. The zero-order chi connectivity index (χ0) is 15.0. The lowest BCUT2D eigenvalue weighted by Gasteiger charge is -2.06. The van der Waals surface area contributed by atoms with Crippen molar-refractivity contribution in [1.82, 2.24) is 9.78 Å². The van der Waals surface area contributed by atoms with Gasteiger partial charge < -0.3 is 11.1 Å². The van der Waals surface area contributed by atoms with E-state index in [4.69, 9.17) is 5.73 Å². The summed E-state index contributed by atoms with van der Waals surface area (Å²) in [4.78, 5) is 12.3. The first-order chi connectivity index (χ1) is 10.1. The summed E-state index contributed by atoms with van der Waals surface area (Å²) in [5.74, 6) is -0.894. The van der Waals surface area contributed by atoms with E-state index in [1.807, 2.05) is 24.3 Å². The molecule has 0 saturated heterocycles. The Morgan fingerprint density at radius 1 is 1.29 bits per heavy atom. The summed E-state index contributed by atoms with van der Waals surface area (Å²) in [5, 5.41) is 7.53. The molecule has 0 spiro atoms. The number of nitrogen functional groups attached to an aromatic ring is 1. The summed E-state index contributed by atoms with van der Waals surface area (Å²) in [7, 11) is 1.76. The number of aryl methyl sites for hydroxylation is 1. The van der Waals surface area contributed by atoms with Gasteiger partial charge in [0.1, 0.15) is 5.82 Å². The maximum absolute atomic E-state index is 13.2. The molecule has 0 radical (unpaired) electrons. The van der Waals surface area contributed by atoms with Crippen molar-refractivity contribution in [2.75, 3.05) is 11.1 Å². The number of amides is 1. The number of hydrogen-bond donors (Lipinski definition) is 2.